The van der Waals surface area contributed by atoms with Crippen LogP contribution in [-0.2, 0) is 6.18 Å². The Morgan fingerprint density at radius 2 is 1.78 bits per heavy atom. The quantitative estimate of drug-likeness (QED) is 0.910. The summed E-state index contributed by atoms with van der Waals surface area (Å²) in [6, 6.07) is 0. The summed E-state index contributed by atoms with van der Waals surface area (Å²) in [5.41, 5.74) is 0.285. The molecule has 18 heavy (non-hydrogen) atoms. The molecule has 0 aliphatic heterocycles. The van der Waals surface area contributed by atoms with E-state index in [0.717, 1.165) is 23.7 Å². The van der Waals surface area contributed by atoms with Gasteiger partial charge >= 0.3 is 12.1 Å². The Balaban J connectivity index is 2.31. The molecule has 0 saturated carbocycles. The van der Waals surface area contributed by atoms with E-state index in [1.54, 1.807) is 0 Å². The van der Waals surface area contributed by atoms with Crippen molar-refractivity contribution >= 4 is 17.3 Å². The number of carboxylic acid groups (broad SMARTS) is 1. The summed E-state index contributed by atoms with van der Waals surface area (Å²) in [5, 5.41) is 8.52. The molecule has 0 aromatic carbocycles. The normalized spacial score (nSPS) is 11.5. The van der Waals surface area contributed by atoms with Crippen molar-refractivity contribution in [1.82, 2.24) is 15.0 Å². The van der Waals surface area contributed by atoms with E-state index in [1.165, 1.54) is 6.20 Å². The Labute approximate surface area is 102 Å². The third-order valence-electron chi connectivity index (χ3n) is 1.88. The molecule has 0 radical (unpaired) electrons. The maximum absolute atomic E-state index is 12.2. The SMILES string of the molecule is O=C(O)c1ncc(-c2cnc(C(F)(F)F)nc2)s1. The van der Waals surface area contributed by atoms with Crippen molar-refractivity contribution in [2.75, 3.05) is 0 Å². The average Bonchev–Trinajstić information content (AvgIpc) is 2.77. The number of aromatic nitrogens is 3. The lowest BCUT2D eigenvalue weighted by Crippen LogP contribution is -2.10. The largest absolute Gasteiger partial charge is 0.476 e. The van der Waals surface area contributed by atoms with E-state index in [0.29, 0.717) is 4.88 Å². The van der Waals surface area contributed by atoms with E-state index >= 15 is 0 Å². The number of carboxylic acids is 1. The summed E-state index contributed by atoms with van der Waals surface area (Å²) in [7, 11) is 0. The van der Waals surface area contributed by atoms with Crippen LogP contribution in [0, 0.1) is 0 Å². The number of alkyl halides is 3. The summed E-state index contributed by atoms with van der Waals surface area (Å²) in [6.07, 6.45) is -1.39. The summed E-state index contributed by atoms with van der Waals surface area (Å²) in [5.74, 6) is -2.44. The predicted octanol–water partition coefficient (Wildman–Crippen LogP) is 2.32. The molecule has 94 valence electrons. The fraction of sp³-hybridized carbons (Fsp3) is 0.111. The minimum atomic E-state index is -4.60. The molecule has 5 nitrogen and oxygen atoms in total. The zero-order chi connectivity index (χ0) is 13.3. The molecule has 2 rings (SSSR count). The van der Waals surface area contributed by atoms with Crippen molar-refractivity contribution in [3.63, 3.8) is 0 Å². The number of hydrogen-bond donors (Lipinski definition) is 1. The molecule has 0 unspecified atom stereocenters. The van der Waals surface area contributed by atoms with Crippen LogP contribution in [0.15, 0.2) is 18.6 Å². The molecular weight excluding hydrogens is 271 g/mol. The monoisotopic (exact) mass is 275 g/mol. The third-order valence-corrected chi connectivity index (χ3v) is 2.91. The first-order chi connectivity index (χ1) is 8.38. The molecule has 2 aromatic rings. The number of hydrogen-bond acceptors (Lipinski definition) is 5. The van der Waals surface area contributed by atoms with Gasteiger partial charge in [0.1, 0.15) is 0 Å². The molecule has 2 heterocycles. The Bertz CT molecular complexity index is 579. The van der Waals surface area contributed by atoms with Crippen molar-refractivity contribution in [3.05, 3.63) is 29.4 Å². The van der Waals surface area contributed by atoms with E-state index in [2.05, 4.69) is 15.0 Å². The van der Waals surface area contributed by atoms with Gasteiger partial charge in [0.15, 0.2) is 0 Å². The zero-order valence-corrected chi connectivity index (χ0v) is 9.29. The van der Waals surface area contributed by atoms with Crippen LogP contribution in [0.4, 0.5) is 13.2 Å². The molecule has 0 amide bonds. The van der Waals surface area contributed by atoms with Crippen LogP contribution in [0.2, 0.25) is 0 Å². The van der Waals surface area contributed by atoms with Gasteiger partial charge in [-0.2, -0.15) is 13.2 Å². The van der Waals surface area contributed by atoms with Gasteiger partial charge in [-0.25, -0.2) is 19.7 Å². The van der Waals surface area contributed by atoms with E-state index < -0.39 is 18.0 Å². The molecule has 0 fully saturated rings. The first kappa shape index (κ1) is 12.4. The number of thiazole rings is 1. The number of rotatable bonds is 2. The van der Waals surface area contributed by atoms with Gasteiger partial charge < -0.3 is 5.11 Å². The molecule has 9 heteroatoms. The van der Waals surface area contributed by atoms with Gasteiger partial charge in [-0.05, 0) is 0 Å². The average molecular weight is 275 g/mol. The van der Waals surface area contributed by atoms with Gasteiger partial charge in [0.05, 0.1) is 4.88 Å². The zero-order valence-electron chi connectivity index (χ0n) is 8.47. The summed E-state index contributed by atoms with van der Waals surface area (Å²) in [6.45, 7) is 0. The van der Waals surface area contributed by atoms with Crippen LogP contribution in [0.25, 0.3) is 10.4 Å². The molecule has 0 aliphatic rings. The highest BCUT2D eigenvalue weighted by Gasteiger charge is 2.34. The fourth-order valence-corrected chi connectivity index (χ4v) is 1.84. The second-order valence-electron chi connectivity index (χ2n) is 3.13. The lowest BCUT2D eigenvalue weighted by molar-refractivity contribution is -0.144. The number of nitrogens with zero attached hydrogens (tertiary/aromatic N) is 3. The Morgan fingerprint density at radius 1 is 1.17 bits per heavy atom. The predicted molar refractivity (Wildman–Crippen MR) is 55.1 cm³/mol. The van der Waals surface area contributed by atoms with Crippen LogP contribution in [0.1, 0.15) is 15.6 Å². The van der Waals surface area contributed by atoms with Gasteiger partial charge in [-0.15, -0.1) is 11.3 Å². The molecule has 2 aromatic heterocycles. The molecule has 0 aliphatic carbocycles. The Kier molecular flexibility index (Phi) is 2.99. The summed E-state index contributed by atoms with van der Waals surface area (Å²) in [4.78, 5) is 20.9. The van der Waals surface area contributed by atoms with Crippen molar-refractivity contribution in [3.8, 4) is 10.4 Å². The second-order valence-corrected chi connectivity index (χ2v) is 4.16. The summed E-state index contributed by atoms with van der Waals surface area (Å²) >= 11 is 0.836. The molecule has 0 spiro atoms. The minimum Gasteiger partial charge on any atom is -0.476 e. The molecule has 0 atom stereocenters. The first-order valence-electron chi connectivity index (χ1n) is 4.46. The second kappa shape index (κ2) is 4.33. The van der Waals surface area contributed by atoms with Crippen molar-refractivity contribution in [2.24, 2.45) is 0 Å². The van der Waals surface area contributed by atoms with E-state index in [4.69, 9.17) is 5.11 Å². The topological polar surface area (TPSA) is 76.0 Å². The van der Waals surface area contributed by atoms with Crippen molar-refractivity contribution in [1.29, 1.82) is 0 Å². The van der Waals surface area contributed by atoms with Crippen LogP contribution < -0.4 is 0 Å². The Morgan fingerprint density at radius 3 is 2.22 bits per heavy atom. The maximum Gasteiger partial charge on any atom is 0.451 e. The van der Waals surface area contributed by atoms with Crippen LogP contribution in [-0.4, -0.2) is 26.0 Å². The number of halogens is 3. The number of carbonyl (C=O) groups is 1. The maximum atomic E-state index is 12.2. The fourth-order valence-electron chi connectivity index (χ4n) is 1.11. The van der Waals surface area contributed by atoms with Gasteiger partial charge in [0.2, 0.25) is 10.8 Å². The van der Waals surface area contributed by atoms with Crippen molar-refractivity contribution in [2.45, 2.75) is 6.18 Å². The van der Waals surface area contributed by atoms with Crippen LogP contribution in [0.3, 0.4) is 0 Å². The van der Waals surface area contributed by atoms with Crippen molar-refractivity contribution < 1.29 is 23.1 Å². The van der Waals surface area contributed by atoms with Gasteiger partial charge in [0, 0.05) is 24.2 Å². The molecular formula is C9H4F3N3O2S. The van der Waals surface area contributed by atoms with E-state index in [1.807, 2.05) is 0 Å². The summed E-state index contributed by atoms with van der Waals surface area (Å²) < 4.78 is 36.7. The van der Waals surface area contributed by atoms with Gasteiger partial charge in [0.25, 0.3) is 0 Å². The standard InChI is InChI=1S/C9H4F3N3O2S/c10-9(11,12)8-14-1-4(2-15-8)5-3-13-6(18-5)7(16)17/h1-3H,(H,16,17). The van der Waals surface area contributed by atoms with Crippen LogP contribution in [0.5, 0.6) is 0 Å². The van der Waals surface area contributed by atoms with Crippen LogP contribution >= 0.6 is 11.3 Å². The van der Waals surface area contributed by atoms with E-state index in [-0.39, 0.29) is 10.6 Å². The third kappa shape index (κ3) is 2.45. The van der Waals surface area contributed by atoms with Gasteiger partial charge in [-0.1, -0.05) is 0 Å². The smallest absolute Gasteiger partial charge is 0.451 e. The molecule has 0 saturated heterocycles. The minimum absolute atomic E-state index is 0.148. The highest BCUT2D eigenvalue weighted by molar-refractivity contribution is 7.16. The number of aromatic carboxylic acids is 1. The first-order valence-corrected chi connectivity index (χ1v) is 5.28. The lowest BCUT2D eigenvalue weighted by atomic mass is 10.3. The molecule has 1 N–H and O–H groups in total. The van der Waals surface area contributed by atoms with Gasteiger partial charge in [-0.3, -0.25) is 0 Å². The van der Waals surface area contributed by atoms with E-state index in [9.17, 15) is 18.0 Å². The highest BCUT2D eigenvalue weighted by Crippen LogP contribution is 2.28. The lowest BCUT2D eigenvalue weighted by Gasteiger charge is -2.03. The Hall–Kier alpha value is -2.03. The molecule has 0 bridgehead atoms. The highest BCUT2D eigenvalue weighted by atomic mass is 32.1.